The van der Waals surface area contributed by atoms with Gasteiger partial charge in [0.2, 0.25) is 0 Å². The first kappa shape index (κ1) is 22.7. The fourth-order valence-electron chi connectivity index (χ4n) is 5.71. The molecule has 3 aromatic rings. The van der Waals surface area contributed by atoms with E-state index >= 15 is 4.39 Å². The molecule has 0 heterocycles. The third kappa shape index (κ3) is 5.11. The van der Waals surface area contributed by atoms with Crippen LogP contribution in [-0.4, -0.2) is 6.67 Å². The van der Waals surface area contributed by atoms with E-state index in [2.05, 4.69) is 19.1 Å². The molecule has 0 radical (unpaired) electrons. The summed E-state index contributed by atoms with van der Waals surface area (Å²) in [5.74, 6) is 1.01. The molecule has 0 aliphatic heterocycles. The summed E-state index contributed by atoms with van der Waals surface area (Å²) in [6.45, 7) is 1.89. The van der Waals surface area contributed by atoms with E-state index in [1.807, 2.05) is 54.6 Å². The molecule has 0 nitrogen and oxygen atoms in total. The maximum atomic E-state index is 15.3. The highest BCUT2D eigenvalue weighted by Gasteiger charge is 2.32. The van der Waals surface area contributed by atoms with Crippen molar-refractivity contribution in [1.82, 2.24) is 0 Å². The molecular weight excluding hydrogens is 398 g/mol. The summed E-state index contributed by atoms with van der Waals surface area (Å²) in [7, 11) is 0. The van der Waals surface area contributed by atoms with Gasteiger partial charge in [-0.15, -0.1) is 0 Å². The molecule has 3 aromatic carbocycles. The monoisotopic (exact) mass is 432 g/mol. The lowest BCUT2D eigenvalue weighted by molar-refractivity contribution is 0.176. The first-order valence-electron chi connectivity index (χ1n) is 12.2. The van der Waals surface area contributed by atoms with Gasteiger partial charge in [0.1, 0.15) is 5.82 Å². The zero-order valence-electron chi connectivity index (χ0n) is 19.1. The number of halogens is 2. The lowest BCUT2D eigenvalue weighted by Gasteiger charge is -2.37. The van der Waals surface area contributed by atoms with E-state index in [1.165, 1.54) is 25.7 Å². The van der Waals surface area contributed by atoms with Crippen molar-refractivity contribution in [2.75, 3.05) is 6.67 Å². The van der Waals surface area contributed by atoms with E-state index in [4.69, 9.17) is 0 Å². The highest BCUT2D eigenvalue weighted by atomic mass is 19.1. The maximum absolute atomic E-state index is 15.3. The molecule has 168 valence electrons. The van der Waals surface area contributed by atoms with Crippen LogP contribution in [0, 0.1) is 17.7 Å². The highest BCUT2D eigenvalue weighted by molar-refractivity contribution is 5.70. The first-order chi connectivity index (χ1) is 15.7. The number of rotatable bonds is 8. The molecular formula is C30H34F2. The van der Waals surface area contributed by atoms with E-state index in [0.29, 0.717) is 23.8 Å². The largest absolute Gasteiger partial charge is 0.251 e. The van der Waals surface area contributed by atoms with Crippen LogP contribution in [0.1, 0.15) is 63.4 Å². The quantitative estimate of drug-likeness (QED) is 0.333. The van der Waals surface area contributed by atoms with Gasteiger partial charge >= 0.3 is 0 Å². The van der Waals surface area contributed by atoms with Gasteiger partial charge in [-0.25, -0.2) is 4.39 Å². The number of benzene rings is 3. The Balaban J connectivity index is 1.58. The summed E-state index contributed by atoms with van der Waals surface area (Å²) in [5.41, 5.74) is 4.72. The molecule has 32 heavy (non-hydrogen) atoms. The number of hydrogen-bond donors (Lipinski definition) is 0. The first-order valence-corrected chi connectivity index (χ1v) is 12.2. The van der Waals surface area contributed by atoms with Gasteiger partial charge in [-0.05, 0) is 58.9 Å². The van der Waals surface area contributed by atoms with Crippen molar-refractivity contribution in [3.05, 3.63) is 84.2 Å². The van der Waals surface area contributed by atoms with Gasteiger partial charge in [0.05, 0.1) is 6.67 Å². The fraction of sp³-hybridized carbons (Fsp3) is 0.400. The lowest BCUT2D eigenvalue weighted by atomic mass is 9.68. The Hall–Kier alpha value is -2.48. The summed E-state index contributed by atoms with van der Waals surface area (Å²) in [5, 5.41) is 0. The van der Waals surface area contributed by atoms with Crippen molar-refractivity contribution >= 4 is 0 Å². The van der Waals surface area contributed by atoms with Crippen LogP contribution in [0.5, 0.6) is 0 Å². The van der Waals surface area contributed by atoms with Crippen LogP contribution in [0.15, 0.2) is 72.8 Å². The van der Waals surface area contributed by atoms with Gasteiger partial charge < -0.3 is 0 Å². The summed E-state index contributed by atoms with van der Waals surface area (Å²) in [6.07, 6.45) is 7.71. The maximum Gasteiger partial charge on any atom is 0.131 e. The van der Waals surface area contributed by atoms with Crippen LogP contribution in [0.4, 0.5) is 8.78 Å². The van der Waals surface area contributed by atoms with E-state index in [-0.39, 0.29) is 18.4 Å². The SMILES string of the molecule is CCCC1CCCCC1C(CCF)c1ccc(-c2ccc(-c3ccccc3)cc2)c(F)c1. The zero-order chi connectivity index (χ0) is 22.3. The predicted octanol–water partition coefficient (Wildman–Crippen LogP) is 9.21. The predicted molar refractivity (Wildman–Crippen MR) is 131 cm³/mol. The molecule has 0 spiro atoms. The van der Waals surface area contributed by atoms with Gasteiger partial charge in [-0.3, -0.25) is 4.39 Å². The van der Waals surface area contributed by atoms with Crippen LogP contribution >= 0.6 is 0 Å². The minimum atomic E-state index is -0.343. The van der Waals surface area contributed by atoms with Crippen molar-refractivity contribution < 1.29 is 8.78 Å². The van der Waals surface area contributed by atoms with E-state index in [1.54, 1.807) is 6.07 Å². The van der Waals surface area contributed by atoms with E-state index in [9.17, 15) is 4.39 Å². The van der Waals surface area contributed by atoms with Gasteiger partial charge in [0.15, 0.2) is 0 Å². The molecule has 1 aliphatic rings. The summed E-state index contributed by atoms with van der Waals surface area (Å²) >= 11 is 0. The van der Waals surface area contributed by atoms with Gasteiger partial charge in [0, 0.05) is 5.56 Å². The van der Waals surface area contributed by atoms with Crippen molar-refractivity contribution in [2.24, 2.45) is 11.8 Å². The standard InChI is InChI=1S/C30H34F2/c1-2-8-24-11-6-7-12-27(24)28(19-20-31)26-17-18-29(30(32)21-26)25-15-13-23(14-16-25)22-9-4-3-5-10-22/h3-5,9-10,13-18,21,24,27-28H,2,6-8,11-12,19-20H2,1H3. The average Bonchev–Trinajstić information content (AvgIpc) is 2.84. The number of hydrogen-bond acceptors (Lipinski definition) is 0. The molecule has 0 amide bonds. The molecule has 0 aromatic heterocycles. The highest BCUT2D eigenvalue weighted by Crippen LogP contribution is 2.44. The normalized spacial score (nSPS) is 19.6. The molecule has 4 rings (SSSR count). The second kappa shape index (κ2) is 10.9. The van der Waals surface area contributed by atoms with Crippen LogP contribution in [-0.2, 0) is 0 Å². The van der Waals surface area contributed by atoms with Crippen molar-refractivity contribution in [3.8, 4) is 22.3 Å². The van der Waals surface area contributed by atoms with Gasteiger partial charge in [-0.2, -0.15) is 0 Å². The summed E-state index contributed by atoms with van der Waals surface area (Å²) < 4.78 is 28.8. The zero-order valence-corrected chi connectivity index (χ0v) is 19.1. The Bertz CT molecular complexity index is 975. The van der Waals surface area contributed by atoms with Gasteiger partial charge in [-0.1, -0.05) is 106 Å². The molecule has 3 atom stereocenters. The van der Waals surface area contributed by atoms with E-state index in [0.717, 1.165) is 35.1 Å². The van der Waals surface area contributed by atoms with Crippen LogP contribution in [0.2, 0.25) is 0 Å². The van der Waals surface area contributed by atoms with Crippen LogP contribution in [0.25, 0.3) is 22.3 Å². The summed E-state index contributed by atoms with van der Waals surface area (Å²) in [6, 6.07) is 23.9. The Morgan fingerprint density at radius 1 is 0.844 bits per heavy atom. The van der Waals surface area contributed by atoms with Crippen molar-refractivity contribution in [2.45, 2.75) is 57.8 Å². The fourth-order valence-corrected chi connectivity index (χ4v) is 5.71. The Morgan fingerprint density at radius 3 is 2.22 bits per heavy atom. The molecule has 0 saturated heterocycles. The Kier molecular flexibility index (Phi) is 7.73. The molecule has 1 aliphatic carbocycles. The smallest absolute Gasteiger partial charge is 0.131 e. The average molecular weight is 433 g/mol. The lowest BCUT2D eigenvalue weighted by Crippen LogP contribution is -2.26. The topological polar surface area (TPSA) is 0 Å². The van der Waals surface area contributed by atoms with Crippen LogP contribution in [0.3, 0.4) is 0 Å². The van der Waals surface area contributed by atoms with Crippen molar-refractivity contribution in [3.63, 3.8) is 0 Å². The number of alkyl halides is 1. The Labute approximate surface area is 191 Å². The third-order valence-electron chi connectivity index (χ3n) is 7.29. The molecule has 1 saturated carbocycles. The molecule has 2 heteroatoms. The molecule has 0 bridgehead atoms. The minimum absolute atomic E-state index is 0.112. The second-order valence-electron chi connectivity index (χ2n) is 9.26. The van der Waals surface area contributed by atoms with Crippen molar-refractivity contribution in [1.29, 1.82) is 0 Å². The molecule has 0 N–H and O–H groups in total. The molecule has 1 fully saturated rings. The minimum Gasteiger partial charge on any atom is -0.251 e. The van der Waals surface area contributed by atoms with E-state index < -0.39 is 0 Å². The Morgan fingerprint density at radius 2 is 1.53 bits per heavy atom. The van der Waals surface area contributed by atoms with Crippen LogP contribution < -0.4 is 0 Å². The third-order valence-corrected chi connectivity index (χ3v) is 7.29. The molecule has 3 unspecified atom stereocenters. The summed E-state index contributed by atoms with van der Waals surface area (Å²) in [4.78, 5) is 0. The van der Waals surface area contributed by atoms with Gasteiger partial charge in [0.25, 0.3) is 0 Å². The second-order valence-corrected chi connectivity index (χ2v) is 9.26.